The standard InChI is InChI=1S/C24H43O6P/c1-3-5-6-7-8-9-10-11-12-13-14-15-16-17-18-28-31(26)29-20-21-19-27-24(25)23(21)22(4-2)30-31/h21H,3-20H2,1-2H3/t21-,31?/m1/s1. The van der Waals surface area contributed by atoms with Crippen molar-refractivity contribution in [3.63, 3.8) is 0 Å². The van der Waals surface area contributed by atoms with Crippen LogP contribution in [0.1, 0.15) is 110 Å². The molecule has 6 nitrogen and oxygen atoms in total. The van der Waals surface area contributed by atoms with Crippen LogP contribution in [0.3, 0.4) is 0 Å². The van der Waals surface area contributed by atoms with E-state index in [9.17, 15) is 9.36 Å². The fraction of sp³-hybridized carbons (Fsp3) is 0.875. The Kier molecular flexibility index (Phi) is 12.8. The summed E-state index contributed by atoms with van der Waals surface area (Å²) in [6.45, 7) is 4.84. The van der Waals surface area contributed by atoms with Crippen LogP contribution in [0.25, 0.3) is 0 Å². The number of esters is 1. The quantitative estimate of drug-likeness (QED) is 0.128. The maximum absolute atomic E-state index is 12.8. The molecule has 2 rings (SSSR count). The van der Waals surface area contributed by atoms with E-state index in [4.69, 9.17) is 18.3 Å². The molecule has 0 N–H and O–H groups in total. The smallest absolute Gasteiger partial charge is 0.461 e. The van der Waals surface area contributed by atoms with Crippen LogP contribution in [0.4, 0.5) is 0 Å². The number of unbranched alkanes of at least 4 members (excludes halogenated alkanes) is 13. The number of allylic oxidation sites excluding steroid dienone is 1. The van der Waals surface area contributed by atoms with Gasteiger partial charge in [-0.2, -0.15) is 0 Å². The number of hydrogen-bond donors (Lipinski definition) is 0. The van der Waals surface area contributed by atoms with Crippen molar-refractivity contribution < 1.29 is 27.7 Å². The Morgan fingerprint density at radius 2 is 1.39 bits per heavy atom. The van der Waals surface area contributed by atoms with Crippen LogP contribution in [0, 0.1) is 5.92 Å². The fourth-order valence-electron chi connectivity index (χ4n) is 4.16. The molecule has 0 saturated carbocycles. The fourth-order valence-corrected chi connectivity index (χ4v) is 5.55. The number of cyclic esters (lactones) is 1. The summed E-state index contributed by atoms with van der Waals surface area (Å²) in [7, 11) is -3.66. The van der Waals surface area contributed by atoms with Gasteiger partial charge in [0.05, 0.1) is 24.7 Å². The first-order valence-electron chi connectivity index (χ1n) is 12.6. The average molecular weight is 459 g/mol. The molecule has 2 heterocycles. The number of rotatable bonds is 17. The zero-order valence-electron chi connectivity index (χ0n) is 19.7. The number of fused-ring (bicyclic) bond motifs is 1. The molecule has 0 aromatic heterocycles. The summed E-state index contributed by atoms with van der Waals surface area (Å²) in [5.41, 5.74) is 0.459. The lowest BCUT2D eigenvalue weighted by Crippen LogP contribution is -2.10. The van der Waals surface area contributed by atoms with E-state index >= 15 is 0 Å². The van der Waals surface area contributed by atoms with Crippen molar-refractivity contribution in [3.05, 3.63) is 11.3 Å². The molecule has 1 unspecified atom stereocenters. The molecule has 0 aromatic carbocycles. The van der Waals surface area contributed by atoms with Gasteiger partial charge >= 0.3 is 13.8 Å². The van der Waals surface area contributed by atoms with Gasteiger partial charge < -0.3 is 9.26 Å². The maximum atomic E-state index is 12.8. The molecular formula is C24H43O6P. The minimum atomic E-state index is -3.66. The zero-order chi connectivity index (χ0) is 22.4. The molecule has 0 spiro atoms. The van der Waals surface area contributed by atoms with Crippen LogP contribution in [-0.2, 0) is 27.7 Å². The largest absolute Gasteiger partial charge is 0.529 e. The minimum absolute atomic E-state index is 0.126. The van der Waals surface area contributed by atoms with Gasteiger partial charge in [0.2, 0.25) is 0 Å². The topological polar surface area (TPSA) is 71.1 Å². The summed E-state index contributed by atoms with van der Waals surface area (Å²) in [6.07, 6.45) is 18.4. The first kappa shape index (κ1) is 26.4. The van der Waals surface area contributed by atoms with Crippen molar-refractivity contribution in [3.8, 4) is 0 Å². The third-order valence-corrected chi connectivity index (χ3v) is 7.48. The van der Waals surface area contributed by atoms with Gasteiger partial charge in [0.25, 0.3) is 0 Å². The molecule has 0 aliphatic carbocycles. The van der Waals surface area contributed by atoms with Crippen molar-refractivity contribution in [2.24, 2.45) is 5.92 Å². The van der Waals surface area contributed by atoms with Crippen LogP contribution in [0.15, 0.2) is 11.3 Å². The van der Waals surface area contributed by atoms with E-state index in [2.05, 4.69) is 6.92 Å². The minimum Gasteiger partial charge on any atom is -0.461 e. The number of carbonyl (C=O) groups is 1. The highest BCUT2D eigenvalue weighted by Gasteiger charge is 2.42. The molecule has 2 aliphatic heterocycles. The normalized spacial score (nSPS) is 23.4. The van der Waals surface area contributed by atoms with Crippen molar-refractivity contribution in [2.45, 2.75) is 110 Å². The average Bonchev–Trinajstić information content (AvgIpc) is 3.06. The molecule has 31 heavy (non-hydrogen) atoms. The molecule has 0 aromatic rings. The van der Waals surface area contributed by atoms with Crippen LogP contribution < -0.4 is 0 Å². The van der Waals surface area contributed by atoms with Crippen molar-refractivity contribution in [1.29, 1.82) is 0 Å². The molecule has 1 saturated heterocycles. The SMILES string of the molecule is CCCCCCCCCCCCCCCCOP1(=O)OC[C@H]2COC(=O)C2=C(CC)O1. The number of phosphoric ester groups is 1. The maximum Gasteiger partial charge on any atom is 0.529 e. The highest BCUT2D eigenvalue weighted by molar-refractivity contribution is 7.48. The number of hydrogen-bond acceptors (Lipinski definition) is 6. The number of ether oxygens (including phenoxy) is 1. The second-order valence-corrected chi connectivity index (χ2v) is 10.3. The lowest BCUT2D eigenvalue weighted by atomic mass is 10.0. The summed E-state index contributed by atoms with van der Waals surface area (Å²) < 4.78 is 34.4. The molecule has 0 radical (unpaired) electrons. The van der Waals surface area contributed by atoms with Gasteiger partial charge in [-0.25, -0.2) is 9.36 Å². The second-order valence-electron chi connectivity index (χ2n) is 8.75. The van der Waals surface area contributed by atoms with Crippen molar-refractivity contribution >= 4 is 13.8 Å². The van der Waals surface area contributed by atoms with E-state index in [-0.39, 0.29) is 19.1 Å². The Morgan fingerprint density at radius 3 is 1.94 bits per heavy atom. The Bertz CT molecular complexity index is 603. The lowest BCUT2D eigenvalue weighted by molar-refractivity contribution is -0.135. The summed E-state index contributed by atoms with van der Waals surface area (Å²) in [6, 6.07) is 0. The van der Waals surface area contributed by atoms with Crippen LogP contribution in [0.2, 0.25) is 0 Å². The second kappa shape index (κ2) is 15.1. The highest BCUT2D eigenvalue weighted by Crippen LogP contribution is 2.55. The molecule has 0 amide bonds. The van der Waals surface area contributed by atoms with Gasteiger partial charge in [-0.05, 0) is 6.42 Å². The third kappa shape index (κ3) is 9.67. The Balaban J connectivity index is 1.49. The summed E-state index contributed by atoms with van der Waals surface area (Å²) in [5, 5.41) is 0. The molecule has 1 fully saturated rings. The van der Waals surface area contributed by atoms with Gasteiger partial charge in [0.1, 0.15) is 12.4 Å². The van der Waals surface area contributed by atoms with Crippen LogP contribution >= 0.6 is 7.82 Å². The Morgan fingerprint density at radius 1 is 0.839 bits per heavy atom. The molecule has 2 aliphatic rings. The van der Waals surface area contributed by atoms with E-state index < -0.39 is 13.8 Å². The van der Waals surface area contributed by atoms with Gasteiger partial charge in [0.15, 0.2) is 0 Å². The monoisotopic (exact) mass is 458 g/mol. The summed E-state index contributed by atoms with van der Waals surface area (Å²) >= 11 is 0. The summed E-state index contributed by atoms with van der Waals surface area (Å²) in [5.74, 6) is -0.233. The van der Waals surface area contributed by atoms with Crippen molar-refractivity contribution in [2.75, 3.05) is 19.8 Å². The third-order valence-electron chi connectivity index (χ3n) is 6.07. The molecule has 7 heteroatoms. The van der Waals surface area contributed by atoms with Gasteiger partial charge in [-0.1, -0.05) is 97.3 Å². The van der Waals surface area contributed by atoms with Gasteiger partial charge in [-0.3, -0.25) is 9.05 Å². The van der Waals surface area contributed by atoms with E-state index in [1.54, 1.807) is 0 Å². The van der Waals surface area contributed by atoms with E-state index in [0.29, 0.717) is 24.4 Å². The molecule has 0 bridgehead atoms. The Labute approximate surface area is 189 Å². The lowest BCUT2D eigenvalue weighted by Gasteiger charge is -2.17. The number of carbonyl (C=O) groups excluding carboxylic acids is 1. The van der Waals surface area contributed by atoms with Gasteiger partial charge in [0, 0.05) is 6.42 Å². The summed E-state index contributed by atoms with van der Waals surface area (Å²) in [4.78, 5) is 11.9. The highest BCUT2D eigenvalue weighted by atomic mass is 31.2. The Hall–Kier alpha value is -0.840. The number of phosphoric acid groups is 1. The van der Waals surface area contributed by atoms with Crippen LogP contribution in [-0.4, -0.2) is 25.8 Å². The van der Waals surface area contributed by atoms with E-state index in [1.165, 1.54) is 77.0 Å². The van der Waals surface area contributed by atoms with Crippen molar-refractivity contribution in [1.82, 2.24) is 0 Å². The van der Waals surface area contributed by atoms with E-state index in [1.807, 2.05) is 6.92 Å². The molecule has 2 atom stereocenters. The zero-order valence-corrected chi connectivity index (χ0v) is 20.6. The predicted octanol–water partition coefficient (Wildman–Crippen LogP) is 7.48. The van der Waals surface area contributed by atoms with E-state index in [0.717, 1.165) is 12.8 Å². The molecule has 180 valence electrons. The van der Waals surface area contributed by atoms with Gasteiger partial charge in [-0.15, -0.1) is 0 Å². The first-order valence-corrected chi connectivity index (χ1v) is 14.0. The molecular weight excluding hydrogens is 415 g/mol. The van der Waals surface area contributed by atoms with Crippen LogP contribution in [0.5, 0.6) is 0 Å². The first-order chi connectivity index (χ1) is 15.1. The predicted molar refractivity (Wildman–Crippen MR) is 123 cm³/mol.